The molecule has 0 bridgehead atoms. The van der Waals surface area contributed by atoms with E-state index >= 15 is 0 Å². The SMILES string of the molecule is Cc1cc(C)cc(C(=O)N2CCC[C@H](C(=O)NCc3ccccc3Cl)C2)c1. The van der Waals surface area contributed by atoms with E-state index in [1.165, 1.54) is 0 Å². The minimum atomic E-state index is -0.184. The number of carbonyl (C=O) groups is 2. The van der Waals surface area contributed by atoms with Gasteiger partial charge in [0.1, 0.15) is 0 Å². The van der Waals surface area contributed by atoms with Crippen molar-refractivity contribution < 1.29 is 9.59 Å². The van der Waals surface area contributed by atoms with E-state index in [0.29, 0.717) is 30.2 Å². The molecule has 0 saturated carbocycles. The number of halogens is 1. The molecule has 3 rings (SSSR count). The summed E-state index contributed by atoms with van der Waals surface area (Å²) in [6, 6.07) is 13.4. The fourth-order valence-electron chi connectivity index (χ4n) is 3.62. The van der Waals surface area contributed by atoms with E-state index in [1.54, 1.807) is 4.90 Å². The molecule has 4 nitrogen and oxygen atoms in total. The van der Waals surface area contributed by atoms with Gasteiger partial charge in [-0.2, -0.15) is 0 Å². The van der Waals surface area contributed by atoms with Crippen LogP contribution in [0, 0.1) is 19.8 Å². The lowest BCUT2D eigenvalue weighted by molar-refractivity contribution is -0.126. The van der Waals surface area contributed by atoms with Crippen LogP contribution in [0.1, 0.15) is 39.9 Å². The third-order valence-corrected chi connectivity index (χ3v) is 5.33. The summed E-state index contributed by atoms with van der Waals surface area (Å²) in [4.78, 5) is 27.3. The second kappa shape index (κ2) is 8.57. The maximum atomic E-state index is 12.9. The maximum Gasteiger partial charge on any atom is 0.253 e. The smallest absolute Gasteiger partial charge is 0.253 e. The molecule has 2 aromatic rings. The minimum Gasteiger partial charge on any atom is -0.352 e. The Kier molecular flexibility index (Phi) is 6.17. The number of nitrogens with one attached hydrogen (secondary N) is 1. The molecule has 1 atom stereocenters. The monoisotopic (exact) mass is 384 g/mol. The molecule has 5 heteroatoms. The van der Waals surface area contributed by atoms with E-state index in [4.69, 9.17) is 11.6 Å². The Balaban J connectivity index is 1.62. The quantitative estimate of drug-likeness (QED) is 0.861. The number of rotatable bonds is 4. The highest BCUT2D eigenvalue weighted by molar-refractivity contribution is 6.31. The van der Waals surface area contributed by atoms with Crippen LogP contribution in [0.5, 0.6) is 0 Å². The molecule has 2 aromatic carbocycles. The van der Waals surface area contributed by atoms with Crippen LogP contribution in [0.4, 0.5) is 0 Å². The summed E-state index contributed by atoms with van der Waals surface area (Å²) in [5.74, 6) is -0.200. The minimum absolute atomic E-state index is 0.00500. The van der Waals surface area contributed by atoms with Gasteiger partial charge in [-0.25, -0.2) is 0 Å². The van der Waals surface area contributed by atoms with Crippen LogP contribution in [-0.2, 0) is 11.3 Å². The van der Waals surface area contributed by atoms with E-state index in [0.717, 1.165) is 29.5 Å². The third kappa shape index (κ3) is 4.89. The molecule has 1 aliphatic heterocycles. The molecule has 1 fully saturated rings. The number of amides is 2. The lowest BCUT2D eigenvalue weighted by atomic mass is 9.96. The van der Waals surface area contributed by atoms with Crippen molar-refractivity contribution in [3.63, 3.8) is 0 Å². The second-order valence-electron chi connectivity index (χ2n) is 7.28. The molecule has 142 valence electrons. The Hall–Kier alpha value is -2.33. The van der Waals surface area contributed by atoms with Crippen LogP contribution < -0.4 is 5.32 Å². The highest BCUT2D eigenvalue weighted by atomic mass is 35.5. The number of piperidine rings is 1. The van der Waals surface area contributed by atoms with Crippen molar-refractivity contribution in [2.75, 3.05) is 13.1 Å². The zero-order chi connectivity index (χ0) is 19.4. The summed E-state index contributed by atoms with van der Waals surface area (Å²) in [6.45, 7) is 5.54. The first-order valence-electron chi connectivity index (χ1n) is 9.32. The van der Waals surface area contributed by atoms with Crippen molar-refractivity contribution in [3.05, 3.63) is 69.7 Å². The first-order chi connectivity index (χ1) is 12.9. The highest BCUT2D eigenvalue weighted by Crippen LogP contribution is 2.21. The number of likely N-dealkylation sites (tertiary alicyclic amines) is 1. The second-order valence-corrected chi connectivity index (χ2v) is 7.68. The summed E-state index contributed by atoms with van der Waals surface area (Å²) >= 11 is 6.15. The summed E-state index contributed by atoms with van der Waals surface area (Å²) in [5, 5.41) is 3.61. The van der Waals surface area contributed by atoms with E-state index in [9.17, 15) is 9.59 Å². The van der Waals surface area contributed by atoms with Crippen LogP contribution in [-0.4, -0.2) is 29.8 Å². The van der Waals surface area contributed by atoms with E-state index in [1.807, 2.05) is 50.2 Å². The molecule has 1 heterocycles. The number of hydrogen-bond acceptors (Lipinski definition) is 2. The van der Waals surface area contributed by atoms with Crippen molar-refractivity contribution in [3.8, 4) is 0 Å². The molecule has 1 saturated heterocycles. The van der Waals surface area contributed by atoms with Crippen molar-refractivity contribution in [2.24, 2.45) is 5.92 Å². The van der Waals surface area contributed by atoms with Crippen molar-refractivity contribution in [1.82, 2.24) is 10.2 Å². The molecule has 0 radical (unpaired) electrons. The molecule has 1 aliphatic rings. The Morgan fingerprint density at radius 3 is 2.56 bits per heavy atom. The molecule has 0 unspecified atom stereocenters. The first-order valence-corrected chi connectivity index (χ1v) is 9.70. The highest BCUT2D eigenvalue weighted by Gasteiger charge is 2.29. The van der Waals surface area contributed by atoms with Crippen LogP contribution in [0.2, 0.25) is 5.02 Å². The predicted octanol–water partition coefficient (Wildman–Crippen LogP) is 4.13. The van der Waals surface area contributed by atoms with Gasteiger partial charge in [0.05, 0.1) is 5.92 Å². The van der Waals surface area contributed by atoms with Gasteiger partial charge in [0.15, 0.2) is 0 Å². The Morgan fingerprint density at radius 2 is 1.85 bits per heavy atom. The van der Waals surface area contributed by atoms with Gasteiger partial charge in [0.25, 0.3) is 5.91 Å². The lowest BCUT2D eigenvalue weighted by Gasteiger charge is -2.32. The topological polar surface area (TPSA) is 49.4 Å². The van der Waals surface area contributed by atoms with Gasteiger partial charge in [-0.3, -0.25) is 9.59 Å². The van der Waals surface area contributed by atoms with E-state index < -0.39 is 0 Å². The van der Waals surface area contributed by atoms with Gasteiger partial charge in [-0.05, 0) is 50.5 Å². The average molecular weight is 385 g/mol. The summed E-state index contributed by atoms with van der Waals surface area (Å²) < 4.78 is 0. The molecular formula is C22H25ClN2O2. The standard InChI is InChI=1S/C22H25ClN2O2/c1-15-10-16(2)12-19(11-15)22(27)25-9-5-7-18(14-25)21(26)24-13-17-6-3-4-8-20(17)23/h3-4,6,8,10-12,18H,5,7,9,13-14H2,1-2H3,(H,24,26)/t18-/m0/s1. The summed E-state index contributed by atoms with van der Waals surface area (Å²) in [5.41, 5.74) is 3.74. The number of nitrogens with zero attached hydrogens (tertiary/aromatic N) is 1. The van der Waals surface area contributed by atoms with Gasteiger partial charge in [-0.15, -0.1) is 0 Å². The number of hydrogen-bond donors (Lipinski definition) is 1. The molecule has 2 amide bonds. The third-order valence-electron chi connectivity index (χ3n) is 4.96. The summed E-state index contributed by atoms with van der Waals surface area (Å²) in [6.07, 6.45) is 1.63. The molecule has 27 heavy (non-hydrogen) atoms. The average Bonchev–Trinajstić information content (AvgIpc) is 2.66. The van der Waals surface area contributed by atoms with Crippen LogP contribution in [0.25, 0.3) is 0 Å². The van der Waals surface area contributed by atoms with Gasteiger partial charge in [0.2, 0.25) is 5.91 Å². The lowest BCUT2D eigenvalue weighted by Crippen LogP contribution is -2.45. The fourth-order valence-corrected chi connectivity index (χ4v) is 3.83. The van der Waals surface area contributed by atoms with Crippen molar-refractivity contribution in [1.29, 1.82) is 0 Å². The van der Waals surface area contributed by atoms with Gasteiger partial charge >= 0.3 is 0 Å². The van der Waals surface area contributed by atoms with Gasteiger partial charge in [0, 0.05) is 30.2 Å². The zero-order valence-corrected chi connectivity index (χ0v) is 16.6. The predicted molar refractivity (Wildman–Crippen MR) is 108 cm³/mol. The van der Waals surface area contributed by atoms with Gasteiger partial charge < -0.3 is 10.2 Å². The maximum absolute atomic E-state index is 12.9. The van der Waals surface area contributed by atoms with Crippen LogP contribution >= 0.6 is 11.6 Å². The zero-order valence-electron chi connectivity index (χ0n) is 15.8. The van der Waals surface area contributed by atoms with Crippen LogP contribution in [0.3, 0.4) is 0 Å². The van der Waals surface area contributed by atoms with E-state index in [-0.39, 0.29) is 17.7 Å². The molecule has 0 aromatic heterocycles. The normalized spacial score (nSPS) is 16.9. The molecule has 0 aliphatic carbocycles. The van der Waals surface area contributed by atoms with E-state index in [2.05, 4.69) is 11.4 Å². The number of benzene rings is 2. The molecule has 1 N–H and O–H groups in total. The first kappa shape index (κ1) is 19.4. The summed E-state index contributed by atoms with van der Waals surface area (Å²) in [7, 11) is 0. The Morgan fingerprint density at radius 1 is 1.15 bits per heavy atom. The Labute approximate surface area is 165 Å². The molecular weight excluding hydrogens is 360 g/mol. The fraction of sp³-hybridized carbons (Fsp3) is 0.364. The van der Waals surface area contributed by atoms with Gasteiger partial charge in [-0.1, -0.05) is 47.0 Å². The Bertz CT molecular complexity index is 830. The van der Waals surface area contributed by atoms with Crippen molar-refractivity contribution in [2.45, 2.75) is 33.2 Å². The van der Waals surface area contributed by atoms with Crippen molar-refractivity contribution >= 4 is 23.4 Å². The molecule has 0 spiro atoms. The number of aryl methyl sites for hydroxylation is 2. The largest absolute Gasteiger partial charge is 0.352 e. The number of carbonyl (C=O) groups excluding carboxylic acids is 2. The van der Waals surface area contributed by atoms with Crippen LogP contribution in [0.15, 0.2) is 42.5 Å².